The third-order valence-corrected chi connectivity index (χ3v) is 3.74. The van der Waals surface area contributed by atoms with Gasteiger partial charge in [0.2, 0.25) is 0 Å². The van der Waals surface area contributed by atoms with Gasteiger partial charge in [-0.25, -0.2) is 13.8 Å². The van der Waals surface area contributed by atoms with Crippen LogP contribution in [0.3, 0.4) is 0 Å². The van der Waals surface area contributed by atoms with Gasteiger partial charge in [-0.15, -0.1) is 11.6 Å². The van der Waals surface area contributed by atoms with Crippen molar-refractivity contribution in [2.45, 2.75) is 19.3 Å². The van der Waals surface area contributed by atoms with Gasteiger partial charge in [0.05, 0.1) is 23.5 Å². The largest absolute Gasteiger partial charge is 0.322 e. The maximum Gasteiger partial charge on any atom is 0.128 e. The molecule has 0 unspecified atom stereocenters. The fourth-order valence-corrected chi connectivity index (χ4v) is 2.72. The standard InChI is InChI=1S/C16H13ClF2N2/c1-10-3-2-4-14-16(10)21(15(8-17)20-14)9-11-7-12(18)5-6-13(11)19/h2-7H,8-9H2,1H3. The lowest BCUT2D eigenvalue weighted by molar-refractivity contribution is 0.576. The summed E-state index contributed by atoms with van der Waals surface area (Å²) in [6.07, 6.45) is 0. The van der Waals surface area contributed by atoms with Gasteiger partial charge >= 0.3 is 0 Å². The molecule has 0 bridgehead atoms. The number of alkyl halides is 1. The van der Waals surface area contributed by atoms with Gasteiger partial charge in [0.25, 0.3) is 0 Å². The molecular weight excluding hydrogens is 294 g/mol. The Morgan fingerprint density at radius 1 is 1.19 bits per heavy atom. The topological polar surface area (TPSA) is 17.8 Å². The van der Waals surface area contributed by atoms with E-state index in [4.69, 9.17) is 11.6 Å². The summed E-state index contributed by atoms with van der Waals surface area (Å²) in [6, 6.07) is 9.21. The van der Waals surface area contributed by atoms with E-state index in [-0.39, 0.29) is 18.0 Å². The van der Waals surface area contributed by atoms with Crippen molar-refractivity contribution in [1.29, 1.82) is 0 Å². The smallest absolute Gasteiger partial charge is 0.128 e. The molecule has 3 aromatic rings. The van der Waals surface area contributed by atoms with Gasteiger partial charge < -0.3 is 4.57 Å². The number of hydrogen-bond acceptors (Lipinski definition) is 1. The molecule has 2 aromatic carbocycles. The first-order valence-corrected chi connectivity index (χ1v) is 7.08. The molecule has 0 atom stereocenters. The summed E-state index contributed by atoms with van der Waals surface area (Å²) in [7, 11) is 0. The Hall–Kier alpha value is -1.94. The Morgan fingerprint density at radius 2 is 2.00 bits per heavy atom. The van der Waals surface area contributed by atoms with Crippen LogP contribution in [0.5, 0.6) is 0 Å². The van der Waals surface area contributed by atoms with Crippen molar-refractivity contribution in [2.24, 2.45) is 0 Å². The van der Waals surface area contributed by atoms with Gasteiger partial charge in [-0.1, -0.05) is 12.1 Å². The number of hydrogen-bond donors (Lipinski definition) is 0. The predicted molar refractivity (Wildman–Crippen MR) is 79.5 cm³/mol. The molecule has 0 aliphatic heterocycles. The second kappa shape index (κ2) is 5.45. The second-order valence-electron chi connectivity index (χ2n) is 4.93. The number of imidazole rings is 1. The van der Waals surface area contributed by atoms with Crippen molar-refractivity contribution in [3.63, 3.8) is 0 Å². The van der Waals surface area contributed by atoms with Crippen LogP contribution in [0.1, 0.15) is 17.0 Å². The normalized spacial score (nSPS) is 11.2. The lowest BCUT2D eigenvalue weighted by Crippen LogP contribution is -2.06. The highest BCUT2D eigenvalue weighted by Gasteiger charge is 2.14. The molecule has 2 nitrogen and oxygen atoms in total. The fourth-order valence-electron chi connectivity index (χ4n) is 2.52. The third kappa shape index (κ3) is 2.51. The van der Waals surface area contributed by atoms with E-state index in [2.05, 4.69) is 4.98 Å². The summed E-state index contributed by atoms with van der Waals surface area (Å²) in [5.74, 6) is -0.0395. The lowest BCUT2D eigenvalue weighted by Gasteiger charge is -2.10. The number of aromatic nitrogens is 2. The molecule has 0 aliphatic rings. The number of fused-ring (bicyclic) bond motifs is 1. The third-order valence-electron chi connectivity index (χ3n) is 3.50. The van der Waals surface area contributed by atoms with Crippen LogP contribution < -0.4 is 0 Å². The van der Waals surface area contributed by atoms with Crippen molar-refractivity contribution in [2.75, 3.05) is 0 Å². The van der Waals surface area contributed by atoms with E-state index in [0.717, 1.165) is 28.7 Å². The Labute approximate surface area is 126 Å². The number of aryl methyl sites for hydroxylation is 1. The molecule has 1 heterocycles. The van der Waals surface area contributed by atoms with Crippen molar-refractivity contribution in [1.82, 2.24) is 9.55 Å². The summed E-state index contributed by atoms with van der Waals surface area (Å²) >= 11 is 5.94. The Bertz CT molecular complexity index is 811. The predicted octanol–water partition coefficient (Wildman–Crippen LogP) is 4.41. The molecule has 0 fully saturated rings. The van der Waals surface area contributed by atoms with Crippen LogP contribution in [-0.2, 0) is 12.4 Å². The van der Waals surface area contributed by atoms with E-state index in [1.165, 1.54) is 6.07 Å². The molecule has 0 saturated carbocycles. The van der Waals surface area contributed by atoms with Crippen LogP contribution in [0.25, 0.3) is 11.0 Å². The average molecular weight is 307 g/mol. The minimum atomic E-state index is -0.458. The molecule has 0 amide bonds. The maximum atomic E-state index is 13.9. The summed E-state index contributed by atoms with van der Waals surface area (Å²) in [6.45, 7) is 2.16. The molecule has 3 rings (SSSR count). The van der Waals surface area contributed by atoms with E-state index in [9.17, 15) is 8.78 Å². The highest BCUT2D eigenvalue weighted by molar-refractivity contribution is 6.16. The van der Waals surface area contributed by atoms with Crippen LogP contribution in [0.2, 0.25) is 0 Å². The first-order chi connectivity index (χ1) is 10.1. The van der Waals surface area contributed by atoms with E-state index < -0.39 is 11.6 Å². The minimum absolute atomic E-state index is 0.201. The van der Waals surface area contributed by atoms with Gasteiger partial charge in [-0.3, -0.25) is 0 Å². The molecule has 0 saturated heterocycles. The van der Waals surface area contributed by atoms with Crippen LogP contribution in [0, 0.1) is 18.6 Å². The van der Waals surface area contributed by atoms with Crippen LogP contribution in [-0.4, -0.2) is 9.55 Å². The molecular formula is C16H13ClF2N2. The van der Waals surface area contributed by atoms with E-state index >= 15 is 0 Å². The van der Waals surface area contributed by atoms with Crippen LogP contribution in [0.15, 0.2) is 36.4 Å². The van der Waals surface area contributed by atoms with Gasteiger partial charge in [0.1, 0.15) is 17.5 Å². The molecule has 0 N–H and O–H groups in total. The van der Waals surface area contributed by atoms with E-state index in [1.54, 1.807) is 0 Å². The monoisotopic (exact) mass is 306 g/mol. The number of benzene rings is 2. The zero-order valence-electron chi connectivity index (χ0n) is 11.4. The van der Waals surface area contributed by atoms with Crippen LogP contribution in [0.4, 0.5) is 8.78 Å². The van der Waals surface area contributed by atoms with Crippen molar-refractivity contribution < 1.29 is 8.78 Å². The Balaban J connectivity index is 2.17. The van der Waals surface area contributed by atoms with E-state index in [1.807, 2.05) is 29.7 Å². The summed E-state index contributed by atoms with van der Waals surface area (Å²) in [5, 5.41) is 0. The summed E-state index contributed by atoms with van der Waals surface area (Å²) in [5.41, 5.74) is 3.01. The lowest BCUT2D eigenvalue weighted by atomic mass is 10.1. The van der Waals surface area contributed by atoms with Gasteiger partial charge in [0, 0.05) is 5.56 Å². The Morgan fingerprint density at radius 3 is 2.76 bits per heavy atom. The first-order valence-electron chi connectivity index (χ1n) is 6.55. The van der Waals surface area contributed by atoms with Gasteiger partial charge in [-0.05, 0) is 36.8 Å². The summed E-state index contributed by atoms with van der Waals surface area (Å²) < 4.78 is 29.0. The molecule has 21 heavy (non-hydrogen) atoms. The van der Waals surface area contributed by atoms with Gasteiger partial charge in [-0.2, -0.15) is 0 Å². The minimum Gasteiger partial charge on any atom is -0.322 e. The zero-order valence-corrected chi connectivity index (χ0v) is 12.2. The molecule has 1 aromatic heterocycles. The SMILES string of the molecule is Cc1cccc2nc(CCl)n(Cc3cc(F)ccc3F)c12. The zero-order chi connectivity index (χ0) is 15.0. The van der Waals surface area contributed by atoms with Crippen molar-refractivity contribution in [3.05, 3.63) is 65.0 Å². The quantitative estimate of drug-likeness (QED) is 0.655. The van der Waals surface area contributed by atoms with Crippen molar-refractivity contribution in [3.8, 4) is 0 Å². The van der Waals surface area contributed by atoms with Crippen LogP contribution >= 0.6 is 11.6 Å². The van der Waals surface area contributed by atoms with Gasteiger partial charge in [0.15, 0.2) is 0 Å². The molecule has 0 radical (unpaired) electrons. The molecule has 0 aliphatic carbocycles. The molecule has 0 spiro atoms. The number of rotatable bonds is 3. The molecule has 108 valence electrons. The summed E-state index contributed by atoms with van der Waals surface area (Å²) in [4.78, 5) is 4.46. The Kier molecular flexibility index (Phi) is 3.64. The fraction of sp³-hybridized carbons (Fsp3) is 0.188. The first kappa shape index (κ1) is 14.0. The maximum absolute atomic E-state index is 13.9. The van der Waals surface area contributed by atoms with E-state index in [0.29, 0.717) is 5.82 Å². The number of nitrogens with zero attached hydrogens (tertiary/aromatic N) is 2. The average Bonchev–Trinajstić information content (AvgIpc) is 2.82. The highest BCUT2D eigenvalue weighted by atomic mass is 35.5. The number of para-hydroxylation sites is 1. The number of halogens is 3. The highest BCUT2D eigenvalue weighted by Crippen LogP contribution is 2.23. The van der Waals surface area contributed by atoms with Crippen molar-refractivity contribution >= 4 is 22.6 Å². The second-order valence-corrected chi connectivity index (χ2v) is 5.19. The molecule has 5 heteroatoms.